The average Bonchev–Trinajstić information content (AvgIpc) is 2.57. The lowest BCUT2D eigenvalue weighted by molar-refractivity contribution is -0.385. The van der Waals surface area contributed by atoms with E-state index in [1.807, 2.05) is 24.3 Å². The Bertz CT molecular complexity index is 827. The molecule has 25 heavy (non-hydrogen) atoms. The molecule has 0 unspecified atom stereocenters. The van der Waals surface area contributed by atoms with Gasteiger partial charge in [0.2, 0.25) is 5.91 Å². The third kappa shape index (κ3) is 3.72. The Hall–Kier alpha value is -2.66. The lowest BCUT2D eigenvalue weighted by Crippen LogP contribution is -2.50. The van der Waals surface area contributed by atoms with Gasteiger partial charge in [-0.15, -0.1) is 0 Å². The van der Waals surface area contributed by atoms with Gasteiger partial charge in [0, 0.05) is 17.2 Å². The molecule has 1 aliphatic carbocycles. The Kier molecular flexibility index (Phi) is 4.86. The number of para-hydroxylation sites is 1. The first-order valence-corrected chi connectivity index (χ1v) is 8.38. The maximum atomic E-state index is 12.4. The average molecular weight is 357 g/mol. The normalized spacial score (nSPS) is 15.6. The monoisotopic (exact) mass is 356 g/mol. The molecule has 1 N–H and O–H groups in total. The number of hydrogen-bond donors (Lipinski definition) is 1. The summed E-state index contributed by atoms with van der Waals surface area (Å²) < 4.78 is 0. The summed E-state index contributed by atoms with van der Waals surface area (Å²) in [5, 5.41) is 14.7. The molecule has 0 aliphatic heterocycles. The topological polar surface area (TPSA) is 72.2 Å². The molecule has 2 aromatic rings. The standard InChI is InChI=1S/C19H17ClN2O3/c20-16-9-7-15(8-10-16)19(12-3-13-19)21-18(23)11-6-14-4-1-2-5-17(14)22(24)25/h1-2,4-11H,3,12-13H2,(H,21,23). The summed E-state index contributed by atoms with van der Waals surface area (Å²) in [6, 6.07) is 13.8. The quantitative estimate of drug-likeness (QED) is 0.488. The molecule has 1 saturated carbocycles. The van der Waals surface area contributed by atoms with E-state index in [-0.39, 0.29) is 17.1 Å². The molecule has 0 aromatic heterocycles. The van der Waals surface area contributed by atoms with Crippen molar-refractivity contribution < 1.29 is 9.72 Å². The zero-order valence-corrected chi connectivity index (χ0v) is 14.2. The smallest absolute Gasteiger partial charge is 0.276 e. The van der Waals surface area contributed by atoms with Crippen LogP contribution in [0.15, 0.2) is 54.6 Å². The number of halogens is 1. The molecule has 1 fully saturated rings. The van der Waals surface area contributed by atoms with Crippen LogP contribution in [0.3, 0.4) is 0 Å². The van der Waals surface area contributed by atoms with Gasteiger partial charge in [-0.25, -0.2) is 0 Å². The van der Waals surface area contributed by atoms with E-state index in [4.69, 9.17) is 11.6 Å². The second kappa shape index (κ2) is 7.07. The van der Waals surface area contributed by atoms with Crippen molar-refractivity contribution in [1.82, 2.24) is 5.32 Å². The first kappa shape index (κ1) is 17.2. The van der Waals surface area contributed by atoms with Crippen LogP contribution in [-0.4, -0.2) is 10.8 Å². The molecule has 0 heterocycles. The second-order valence-corrected chi connectivity index (χ2v) is 6.52. The Labute approximate surface area is 150 Å². The van der Waals surface area contributed by atoms with E-state index in [1.165, 1.54) is 18.2 Å². The van der Waals surface area contributed by atoms with E-state index in [0.717, 1.165) is 24.8 Å². The fourth-order valence-corrected chi connectivity index (χ4v) is 3.15. The number of carbonyl (C=O) groups excluding carboxylic acids is 1. The van der Waals surface area contributed by atoms with E-state index in [1.54, 1.807) is 18.2 Å². The number of nitro groups is 1. The van der Waals surface area contributed by atoms with E-state index in [0.29, 0.717) is 10.6 Å². The van der Waals surface area contributed by atoms with Gasteiger partial charge in [-0.2, -0.15) is 0 Å². The summed E-state index contributed by atoms with van der Waals surface area (Å²) >= 11 is 5.93. The summed E-state index contributed by atoms with van der Waals surface area (Å²) in [6.07, 6.45) is 5.58. The number of nitro benzene ring substituents is 1. The number of nitrogens with one attached hydrogen (secondary N) is 1. The third-order valence-electron chi connectivity index (χ3n) is 4.51. The largest absolute Gasteiger partial charge is 0.343 e. The SMILES string of the molecule is O=C(C=Cc1ccccc1[N+](=O)[O-])NC1(c2ccc(Cl)cc2)CCC1. The van der Waals surface area contributed by atoms with E-state index >= 15 is 0 Å². The lowest BCUT2D eigenvalue weighted by atomic mass is 9.72. The molecule has 5 nitrogen and oxygen atoms in total. The minimum atomic E-state index is -0.460. The minimum absolute atomic E-state index is 0.0254. The van der Waals surface area contributed by atoms with Crippen molar-refractivity contribution in [2.75, 3.05) is 0 Å². The highest BCUT2D eigenvalue weighted by Crippen LogP contribution is 2.41. The molecule has 1 aliphatic rings. The van der Waals surface area contributed by atoms with Crippen LogP contribution >= 0.6 is 11.6 Å². The maximum Gasteiger partial charge on any atom is 0.276 e. The summed E-state index contributed by atoms with van der Waals surface area (Å²) in [7, 11) is 0. The van der Waals surface area contributed by atoms with Gasteiger partial charge in [-0.05, 0) is 49.1 Å². The van der Waals surface area contributed by atoms with Gasteiger partial charge in [-0.1, -0.05) is 35.9 Å². The van der Waals surface area contributed by atoms with Crippen molar-refractivity contribution in [2.45, 2.75) is 24.8 Å². The van der Waals surface area contributed by atoms with Crippen LogP contribution in [0.2, 0.25) is 5.02 Å². The fourth-order valence-electron chi connectivity index (χ4n) is 3.02. The van der Waals surface area contributed by atoms with Gasteiger partial charge in [0.25, 0.3) is 5.69 Å². The number of rotatable bonds is 5. The maximum absolute atomic E-state index is 12.4. The Morgan fingerprint density at radius 1 is 1.16 bits per heavy atom. The van der Waals surface area contributed by atoms with Gasteiger partial charge in [0.15, 0.2) is 0 Å². The van der Waals surface area contributed by atoms with Gasteiger partial charge < -0.3 is 5.32 Å². The van der Waals surface area contributed by atoms with Crippen molar-refractivity contribution in [3.8, 4) is 0 Å². The molecule has 0 bridgehead atoms. The molecule has 0 saturated heterocycles. The van der Waals surface area contributed by atoms with E-state index < -0.39 is 4.92 Å². The van der Waals surface area contributed by atoms with Crippen LogP contribution in [0.4, 0.5) is 5.69 Å². The molecule has 0 spiro atoms. The van der Waals surface area contributed by atoms with Crippen LogP contribution in [-0.2, 0) is 10.3 Å². The van der Waals surface area contributed by atoms with Gasteiger partial charge in [0.05, 0.1) is 16.0 Å². The van der Waals surface area contributed by atoms with Crippen LogP contribution in [0.1, 0.15) is 30.4 Å². The molecule has 1 amide bonds. The van der Waals surface area contributed by atoms with Gasteiger partial charge in [-0.3, -0.25) is 14.9 Å². The highest BCUT2D eigenvalue weighted by atomic mass is 35.5. The van der Waals surface area contributed by atoms with Crippen molar-refractivity contribution in [3.63, 3.8) is 0 Å². The van der Waals surface area contributed by atoms with Crippen LogP contribution in [0.25, 0.3) is 6.08 Å². The zero-order chi connectivity index (χ0) is 17.9. The molecule has 3 rings (SSSR count). The number of carbonyl (C=O) groups is 1. The Balaban J connectivity index is 1.76. The first-order chi connectivity index (χ1) is 12.0. The number of hydrogen-bond acceptors (Lipinski definition) is 3. The minimum Gasteiger partial charge on any atom is -0.343 e. The van der Waals surface area contributed by atoms with Crippen LogP contribution in [0.5, 0.6) is 0 Å². The molecule has 0 radical (unpaired) electrons. The molecule has 2 aromatic carbocycles. The highest BCUT2D eigenvalue weighted by molar-refractivity contribution is 6.30. The first-order valence-electron chi connectivity index (χ1n) is 8.00. The number of amides is 1. The van der Waals surface area contributed by atoms with Crippen molar-refractivity contribution >= 4 is 29.3 Å². The molecule has 0 atom stereocenters. The predicted molar refractivity (Wildman–Crippen MR) is 97.3 cm³/mol. The summed E-state index contributed by atoms with van der Waals surface area (Å²) in [5.41, 5.74) is 1.02. The summed E-state index contributed by atoms with van der Waals surface area (Å²) in [4.78, 5) is 22.9. The molecule has 128 valence electrons. The van der Waals surface area contributed by atoms with Gasteiger partial charge >= 0.3 is 0 Å². The summed E-state index contributed by atoms with van der Waals surface area (Å²) in [6.45, 7) is 0. The van der Waals surface area contributed by atoms with Crippen LogP contribution < -0.4 is 5.32 Å². The summed E-state index contributed by atoms with van der Waals surface area (Å²) in [5.74, 6) is -0.271. The predicted octanol–water partition coefficient (Wildman–Crippen LogP) is 4.46. The van der Waals surface area contributed by atoms with E-state index in [9.17, 15) is 14.9 Å². The molecular formula is C19H17ClN2O3. The van der Waals surface area contributed by atoms with Crippen molar-refractivity contribution in [2.24, 2.45) is 0 Å². The second-order valence-electron chi connectivity index (χ2n) is 6.08. The fraction of sp³-hybridized carbons (Fsp3) is 0.211. The van der Waals surface area contributed by atoms with Crippen molar-refractivity contribution in [1.29, 1.82) is 0 Å². The van der Waals surface area contributed by atoms with Gasteiger partial charge in [0.1, 0.15) is 0 Å². The Morgan fingerprint density at radius 3 is 2.44 bits per heavy atom. The third-order valence-corrected chi connectivity index (χ3v) is 4.77. The number of nitrogens with zero attached hydrogens (tertiary/aromatic N) is 1. The molecule has 6 heteroatoms. The zero-order valence-electron chi connectivity index (χ0n) is 13.4. The Morgan fingerprint density at radius 2 is 1.84 bits per heavy atom. The van der Waals surface area contributed by atoms with E-state index in [2.05, 4.69) is 5.32 Å². The van der Waals surface area contributed by atoms with Crippen molar-refractivity contribution in [3.05, 3.63) is 80.9 Å². The highest BCUT2D eigenvalue weighted by Gasteiger charge is 2.39. The number of benzene rings is 2. The molecular weight excluding hydrogens is 340 g/mol. The van der Waals surface area contributed by atoms with Crippen LogP contribution in [0, 0.1) is 10.1 Å². The lowest BCUT2D eigenvalue weighted by Gasteiger charge is -2.43.